The van der Waals surface area contributed by atoms with Gasteiger partial charge >= 0.3 is 5.97 Å². The van der Waals surface area contributed by atoms with Gasteiger partial charge < -0.3 is 9.64 Å². The normalized spacial score (nSPS) is 16.3. The van der Waals surface area contributed by atoms with Crippen molar-refractivity contribution in [1.82, 2.24) is 4.90 Å². The van der Waals surface area contributed by atoms with E-state index in [0.29, 0.717) is 11.5 Å². The average Bonchev–Trinajstić information content (AvgIpc) is 2.69. The molecule has 0 aliphatic carbocycles. The highest BCUT2D eigenvalue weighted by Crippen LogP contribution is 2.37. The summed E-state index contributed by atoms with van der Waals surface area (Å²) in [6.07, 6.45) is 2.91. The molecule has 1 atom stereocenters. The molecule has 0 aromatic heterocycles. The standard InChI is InChI=1S/C21H23NO3/c1-25-21(24)19-9-7-17(8-10-19)20(16-5-3-2-4-6-16)18-11-13-22(15-23)14-12-18/h2-10,15,18,20H,11-14H2,1H3. The van der Waals surface area contributed by atoms with Gasteiger partial charge in [0.1, 0.15) is 0 Å². The van der Waals surface area contributed by atoms with Gasteiger partial charge in [0.2, 0.25) is 6.41 Å². The zero-order valence-corrected chi connectivity index (χ0v) is 14.4. The van der Waals surface area contributed by atoms with Gasteiger partial charge in [0, 0.05) is 19.0 Å². The number of rotatable bonds is 5. The van der Waals surface area contributed by atoms with E-state index in [2.05, 4.69) is 24.3 Å². The van der Waals surface area contributed by atoms with Crippen LogP contribution in [0.4, 0.5) is 0 Å². The lowest BCUT2D eigenvalue weighted by molar-refractivity contribution is -0.119. The van der Waals surface area contributed by atoms with E-state index in [1.54, 1.807) is 0 Å². The van der Waals surface area contributed by atoms with E-state index < -0.39 is 0 Å². The van der Waals surface area contributed by atoms with Gasteiger partial charge in [0.25, 0.3) is 0 Å². The monoisotopic (exact) mass is 337 g/mol. The third-order valence-corrected chi connectivity index (χ3v) is 5.04. The van der Waals surface area contributed by atoms with Crippen LogP contribution in [0.2, 0.25) is 0 Å². The molecular weight excluding hydrogens is 314 g/mol. The number of amides is 1. The molecule has 0 N–H and O–H groups in total. The minimum atomic E-state index is -0.317. The number of hydrogen-bond acceptors (Lipinski definition) is 3. The van der Waals surface area contributed by atoms with Crippen LogP contribution in [0.25, 0.3) is 0 Å². The van der Waals surface area contributed by atoms with E-state index >= 15 is 0 Å². The van der Waals surface area contributed by atoms with Crippen molar-refractivity contribution in [3.05, 3.63) is 71.3 Å². The maximum absolute atomic E-state index is 11.7. The first-order valence-electron chi connectivity index (χ1n) is 8.65. The maximum Gasteiger partial charge on any atom is 0.337 e. The minimum Gasteiger partial charge on any atom is -0.465 e. The van der Waals surface area contributed by atoms with Crippen LogP contribution in [-0.2, 0) is 9.53 Å². The number of carbonyl (C=O) groups excluding carboxylic acids is 2. The molecule has 1 heterocycles. The van der Waals surface area contributed by atoms with Crippen molar-refractivity contribution in [1.29, 1.82) is 0 Å². The first-order valence-corrected chi connectivity index (χ1v) is 8.65. The number of methoxy groups -OCH3 is 1. The van der Waals surface area contributed by atoms with E-state index in [1.165, 1.54) is 18.2 Å². The molecule has 0 spiro atoms. The second kappa shape index (κ2) is 7.97. The minimum absolute atomic E-state index is 0.265. The summed E-state index contributed by atoms with van der Waals surface area (Å²) in [7, 11) is 1.39. The number of hydrogen-bond donors (Lipinski definition) is 0. The van der Waals surface area contributed by atoms with Crippen molar-refractivity contribution in [3.63, 3.8) is 0 Å². The van der Waals surface area contributed by atoms with Crippen LogP contribution < -0.4 is 0 Å². The van der Waals surface area contributed by atoms with Gasteiger partial charge in [-0.05, 0) is 42.0 Å². The second-order valence-corrected chi connectivity index (χ2v) is 6.48. The summed E-state index contributed by atoms with van der Waals surface area (Å²) < 4.78 is 4.78. The predicted octanol–water partition coefficient (Wildman–Crippen LogP) is 3.47. The highest BCUT2D eigenvalue weighted by atomic mass is 16.5. The number of nitrogens with zero attached hydrogens (tertiary/aromatic N) is 1. The molecule has 130 valence electrons. The fourth-order valence-electron chi connectivity index (χ4n) is 3.70. The van der Waals surface area contributed by atoms with Crippen LogP contribution in [0.5, 0.6) is 0 Å². The average molecular weight is 337 g/mol. The molecule has 1 aliphatic heterocycles. The van der Waals surface area contributed by atoms with Gasteiger partial charge in [-0.2, -0.15) is 0 Å². The Labute approximate surface area is 148 Å². The Hall–Kier alpha value is -2.62. The van der Waals surface area contributed by atoms with E-state index in [4.69, 9.17) is 4.74 Å². The Bertz CT molecular complexity index is 704. The van der Waals surface area contributed by atoms with Crippen molar-refractivity contribution in [2.24, 2.45) is 5.92 Å². The maximum atomic E-state index is 11.7. The Morgan fingerprint density at radius 3 is 2.20 bits per heavy atom. The highest BCUT2D eigenvalue weighted by molar-refractivity contribution is 5.89. The molecule has 1 amide bonds. The molecule has 1 unspecified atom stereocenters. The van der Waals surface area contributed by atoms with Crippen LogP contribution in [0, 0.1) is 5.92 Å². The summed E-state index contributed by atoms with van der Waals surface area (Å²) in [4.78, 5) is 24.5. The Morgan fingerprint density at radius 1 is 1.04 bits per heavy atom. The number of piperidine rings is 1. The van der Waals surface area contributed by atoms with Crippen LogP contribution in [-0.4, -0.2) is 37.5 Å². The third-order valence-electron chi connectivity index (χ3n) is 5.04. The lowest BCUT2D eigenvalue weighted by Gasteiger charge is -2.35. The lowest BCUT2D eigenvalue weighted by Crippen LogP contribution is -2.34. The Kier molecular flexibility index (Phi) is 5.49. The first kappa shape index (κ1) is 17.2. The highest BCUT2D eigenvalue weighted by Gasteiger charge is 2.28. The molecule has 1 aliphatic rings. The van der Waals surface area contributed by atoms with E-state index in [0.717, 1.165) is 32.3 Å². The summed E-state index contributed by atoms with van der Waals surface area (Å²) in [6, 6.07) is 18.2. The van der Waals surface area contributed by atoms with Crippen LogP contribution >= 0.6 is 0 Å². The van der Waals surface area contributed by atoms with Crippen LogP contribution in [0.3, 0.4) is 0 Å². The second-order valence-electron chi connectivity index (χ2n) is 6.48. The first-order chi connectivity index (χ1) is 12.2. The molecular formula is C21H23NO3. The number of carbonyl (C=O) groups is 2. The van der Waals surface area contributed by atoms with Gasteiger partial charge in [-0.15, -0.1) is 0 Å². The smallest absolute Gasteiger partial charge is 0.337 e. The van der Waals surface area contributed by atoms with Crippen molar-refractivity contribution in [3.8, 4) is 0 Å². The topological polar surface area (TPSA) is 46.6 Å². The molecule has 2 aromatic carbocycles. The van der Waals surface area contributed by atoms with Crippen molar-refractivity contribution >= 4 is 12.4 Å². The van der Waals surface area contributed by atoms with E-state index in [1.807, 2.05) is 35.2 Å². The summed E-state index contributed by atoms with van der Waals surface area (Å²) >= 11 is 0. The number of esters is 1. The zero-order chi connectivity index (χ0) is 17.6. The van der Waals surface area contributed by atoms with Gasteiger partial charge in [0.15, 0.2) is 0 Å². The molecule has 4 nitrogen and oxygen atoms in total. The Morgan fingerprint density at radius 2 is 1.64 bits per heavy atom. The predicted molar refractivity (Wildman–Crippen MR) is 96.4 cm³/mol. The van der Waals surface area contributed by atoms with Gasteiger partial charge in [-0.3, -0.25) is 4.79 Å². The molecule has 1 fully saturated rings. The number of benzene rings is 2. The fourth-order valence-corrected chi connectivity index (χ4v) is 3.70. The summed E-state index contributed by atoms with van der Waals surface area (Å²) in [6.45, 7) is 1.61. The third kappa shape index (κ3) is 3.90. The Balaban J connectivity index is 1.89. The lowest BCUT2D eigenvalue weighted by atomic mass is 9.76. The van der Waals surface area contributed by atoms with Gasteiger partial charge in [0.05, 0.1) is 12.7 Å². The SMILES string of the molecule is COC(=O)c1ccc(C(c2ccccc2)C2CCN(C=O)CC2)cc1. The van der Waals surface area contributed by atoms with Crippen molar-refractivity contribution < 1.29 is 14.3 Å². The molecule has 0 saturated carbocycles. The summed E-state index contributed by atoms with van der Waals surface area (Å²) in [5.41, 5.74) is 3.04. The molecule has 4 heteroatoms. The van der Waals surface area contributed by atoms with Crippen molar-refractivity contribution in [2.45, 2.75) is 18.8 Å². The molecule has 0 radical (unpaired) electrons. The quantitative estimate of drug-likeness (QED) is 0.620. The molecule has 2 aromatic rings. The molecule has 3 rings (SSSR count). The molecule has 1 saturated heterocycles. The summed E-state index contributed by atoms with van der Waals surface area (Å²) in [5, 5.41) is 0. The van der Waals surface area contributed by atoms with E-state index in [-0.39, 0.29) is 11.9 Å². The van der Waals surface area contributed by atoms with Crippen molar-refractivity contribution in [2.75, 3.05) is 20.2 Å². The largest absolute Gasteiger partial charge is 0.465 e. The molecule has 0 bridgehead atoms. The van der Waals surface area contributed by atoms with Gasteiger partial charge in [-0.1, -0.05) is 42.5 Å². The summed E-state index contributed by atoms with van der Waals surface area (Å²) in [5.74, 6) is 0.423. The number of likely N-dealkylation sites (tertiary alicyclic amines) is 1. The number of ether oxygens (including phenoxy) is 1. The molecule has 25 heavy (non-hydrogen) atoms. The van der Waals surface area contributed by atoms with E-state index in [9.17, 15) is 9.59 Å². The van der Waals surface area contributed by atoms with Crippen LogP contribution in [0.15, 0.2) is 54.6 Å². The van der Waals surface area contributed by atoms with Gasteiger partial charge in [-0.25, -0.2) is 4.79 Å². The fraction of sp³-hybridized carbons (Fsp3) is 0.333. The zero-order valence-electron chi connectivity index (χ0n) is 14.4. The van der Waals surface area contributed by atoms with Crippen LogP contribution in [0.1, 0.15) is 40.2 Å².